The SMILES string of the molecule is NC1(c2noc(-c3cc(C4CC4)on3)n2)CCC1. The highest BCUT2D eigenvalue weighted by Crippen LogP contribution is 2.41. The lowest BCUT2D eigenvalue weighted by Crippen LogP contribution is -2.44. The molecule has 0 aromatic carbocycles. The Hall–Kier alpha value is -1.69. The maximum Gasteiger partial charge on any atom is 0.280 e. The molecule has 6 heteroatoms. The monoisotopic (exact) mass is 246 g/mol. The molecular weight excluding hydrogens is 232 g/mol. The molecule has 2 saturated carbocycles. The number of aromatic nitrogens is 3. The van der Waals surface area contributed by atoms with Crippen molar-refractivity contribution in [3.63, 3.8) is 0 Å². The van der Waals surface area contributed by atoms with Crippen LogP contribution >= 0.6 is 0 Å². The van der Waals surface area contributed by atoms with Crippen molar-refractivity contribution in [2.24, 2.45) is 5.73 Å². The zero-order valence-corrected chi connectivity index (χ0v) is 9.93. The van der Waals surface area contributed by atoms with Gasteiger partial charge in [0, 0.05) is 12.0 Å². The van der Waals surface area contributed by atoms with Crippen LogP contribution in [-0.2, 0) is 5.54 Å². The van der Waals surface area contributed by atoms with Crippen molar-refractivity contribution < 1.29 is 9.05 Å². The topological polar surface area (TPSA) is 91.0 Å². The van der Waals surface area contributed by atoms with Crippen LogP contribution in [0, 0.1) is 0 Å². The fraction of sp³-hybridized carbons (Fsp3) is 0.583. The quantitative estimate of drug-likeness (QED) is 0.889. The highest BCUT2D eigenvalue weighted by atomic mass is 16.5. The van der Waals surface area contributed by atoms with Crippen molar-refractivity contribution in [2.75, 3.05) is 0 Å². The van der Waals surface area contributed by atoms with Gasteiger partial charge in [-0.05, 0) is 32.1 Å². The van der Waals surface area contributed by atoms with Gasteiger partial charge in [0.2, 0.25) is 0 Å². The van der Waals surface area contributed by atoms with Crippen molar-refractivity contribution in [1.29, 1.82) is 0 Å². The van der Waals surface area contributed by atoms with E-state index in [1.165, 1.54) is 12.8 Å². The van der Waals surface area contributed by atoms with E-state index >= 15 is 0 Å². The van der Waals surface area contributed by atoms with E-state index < -0.39 is 5.54 Å². The predicted molar refractivity (Wildman–Crippen MR) is 61.5 cm³/mol. The molecule has 0 amide bonds. The number of hydrogen-bond donors (Lipinski definition) is 1. The minimum atomic E-state index is -0.398. The Morgan fingerprint density at radius 2 is 2.06 bits per heavy atom. The molecule has 2 aromatic heterocycles. The molecule has 2 aliphatic rings. The lowest BCUT2D eigenvalue weighted by molar-refractivity contribution is 0.229. The Labute approximate surface area is 104 Å². The Morgan fingerprint density at radius 3 is 2.72 bits per heavy atom. The molecule has 4 rings (SSSR count). The first-order chi connectivity index (χ1) is 8.74. The molecular formula is C12H14N4O2. The normalized spacial score (nSPS) is 21.8. The van der Waals surface area contributed by atoms with Crippen LogP contribution in [0.4, 0.5) is 0 Å². The van der Waals surface area contributed by atoms with Gasteiger partial charge in [-0.15, -0.1) is 0 Å². The average Bonchev–Trinajstić information content (AvgIpc) is 2.90. The van der Waals surface area contributed by atoms with Gasteiger partial charge in [0.25, 0.3) is 5.89 Å². The maximum atomic E-state index is 6.15. The molecule has 94 valence electrons. The second kappa shape index (κ2) is 3.41. The zero-order chi connectivity index (χ0) is 12.2. The summed E-state index contributed by atoms with van der Waals surface area (Å²) in [6.45, 7) is 0. The molecule has 0 aliphatic heterocycles. The van der Waals surface area contributed by atoms with Crippen molar-refractivity contribution in [1.82, 2.24) is 15.3 Å². The molecule has 0 spiro atoms. The van der Waals surface area contributed by atoms with Crippen LogP contribution in [0.1, 0.15) is 49.6 Å². The van der Waals surface area contributed by atoms with Gasteiger partial charge in [-0.3, -0.25) is 0 Å². The van der Waals surface area contributed by atoms with Gasteiger partial charge >= 0.3 is 0 Å². The molecule has 6 nitrogen and oxygen atoms in total. The molecule has 0 atom stereocenters. The van der Waals surface area contributed by atoms with E-state index in [9.17, 15) is 0 Å². The van der Waals surface area contributed by atoms with Crippen molar-refractivity contribution in [3.05, 3.63) is 17.7 Å². The minimum Gasteiger partial charge on any atom is -0.360 e. The molecule has 2 fully saturated rings. The molecule has 0 saturated heterocycles. The second-order valence-corrected chi connectivity index (χ2v) is 5.32. The number of hydrogen-bond acceptors (Lipinski definition) is 6. The second-order valence-electron chi connectivity index (χ2n) is 5.32. The van der Waals surface area contributed by atoms with Crippen LogP contribution in [0.3, 0.4) is 0 Å². The first-order valence-corrected chi connectivity index (χ1v) is 6.35. The molecule has 2 heterocycles. The maximum absolute atomic E-state index is 6.15. The van der Waals surface area contributed by atoms with Crippen molar-refractivity contribution in [2.45, 2.75) is 43.6 Å². The highest BCUT2D eigenvalue weighted by Gasteiger charge is 2.39. The first kappa shape index (κ1) is 10.3. The molecule has 0 radical (unpaired) electrons. The Morgan fingerprint density at radius 1 is 1.22 bits per heavy atom. The van der Waals surface area contributed by atoms with Crippen LogP contribution in [0.15, 0.2) is 15.1 Å². The summed E-state index contributed by atoms with van der Waals surface area (Å²) in [7, 11) is 0. The Balaban J connectivity index is 1.63. The molecule has 0 bridgehead atoms. The molecule has 2 aromatic rings. The van der Waals surface area contributed by atoms with Gasteiger partial charge in [-0.2, -0.15) is 4.98 Å². The van der Waals surface area contributed by atoms with Gasteiger partial charge in [-0.1, -0.05) is 10.3 Å². The number of rotatable bonds is 3. The Bertz CT molecular complexity index is 580. The summed E-state index contributed by atoms with van der Waals surface area (Å²) < 4.78 is 10.5. The van der Waals surface area contributed by atoms with Crippen molar-refractivity contribution >= 4 is 0 Å². The highest BCUT2D eigenvalue weighted by molar-refractivity contribution is 5.46. The molecule has 2 N–H and O–H groups in total. The van der Waals surface area contributed by atoms with Crippen LogP contribution in [0.5, 0.6) is 0 Å². The standard InChI is InChI=1S/C12H14N4O2/c13-12(4-1-5-12)11-14-10(18-16-11)8-6-9(17-15-8)7-2-3-7/h6-7H,1-5,13H2. The summed E-state index contributed by atoms with van der Waals surface area (Å²) in [5, 5.41) is 7.94. The first-order valence-electron chi connectivity index (χ1n) is 6.35. The number of nitrogens with zero attached hydrogens (tertiary/aromatic N) is 3. The van der Waals surface area contributed by atoms with E-state index in [-0.39, 0.29) is 0 Å². The van der Waals surface area contributed by atoms with Crippen LogP contribution in [0.25, 0.3) is 11.6 Å². The fourth-order valence-electron chi connectivity index (χ4n) is 2.26. The van der Waals surface area contributed by atoms with Crippen molar-refractivity contribution in [3.8, 4) is 11.6 Å². The molecule has 2 aliphatic carbocycles. The van der Waals surface area contributed by atoms with Gasteiger partial charge in [0.05, 0.1) is 5.54 Å². The third-order valence-electron chi connectivity index (χ3n) is 3.84. The van der Waals surface area contributed by atoms with Gasteiger partial charge in [0.1, 0.15) is 5.76 Å². The smallest absolute Gasteiger partial charge is 0.280 e. The van der Waals surface area contributed by atoms with E-state index in [2.05, 4.69) is 15.3 Å². The van der Waals surface area contributed by atoms with E-state index in [0.717, 1.165) is 25.0 Å². The molecule has 0 unspecified atom stereocenters. The van der Waals surface area contributed by atoms with Gasteiger partial charge in [0.15, 0.2) is 11.5 Å². The average molecular weight is 246 g/mol. The van der Waals surface area contributed by atoms with Crippen LogP contribution in [-0.4, -0.2) is 15.3 Å². The van der Waals surface area contributed by atoms with Crippen LogP contribution < -0.4 is 5.73 Å². The fourth-order valence-corrected chi connectivity index (χ4v) is 2.26. The lowest BCUT2D eigenvalue weighted by atomic mass is 9.77. The van der Waals surface area contributed by atoms with Gasteiger partial charge < -0.3 is 14.8 Å². The zero-order valence-electron chi connectivity index (χ0n) is 9.93. The third-order valence-corrected chi connectivity index (χ3v) is 3.84. The summed E-state index contributed by atoms with van der Waals surface area (Å²) in [6, 6.07) is 1.89. The van der Waals surface area contributed by atoms with E-state index in [0.29, 0.717) is 23.3 Å². The number of nitrogens with two attached hydrogens (primary N) is 1. The predicted octanol–water partition coefficient (Wildman–Crippen LogP) is 1.94. The lowest BCUT2D eigenvalue weighted by Gasteiger charge is -2.34. The molecule has 18 heavy (non-hydrogen) atoms. The van der Waals surface area contributed by atoms with E-state index in [1.54, 1.807) is 0 Å². The Kier molecular flexibility index (Phi) is 1.94. The van der Waals surface area contributed by atoms with E-state index in [1.807, 2.05) is 6.07 Å². The summed E-state index contributed by atoms with van der Waals surface area (Å²) in [5.41, 5.74) is 6.36. The van der Waals surface area contributed by atoms with Gasteiger partial charge in [-0.25, -0.2) is 0 Å². The largest absolute Gasteiger partial charge is 0.360 e. The summed E-state index contributed by atoms with van der Waals surface area (Å²) in [4.78, 5) is 4.34. The van der Waals surface area contributed by atoms with E-state index in [4.69, 9.17) is 14.8 Å². The minimum absolute atomic E-state index is 0.398. The summed E-state index contributed by atoms with van der Waals surface area (Å²) >= 11 is 0. The third kappa shape index (κ3) is 1.49. The van der Waals surface area contributed by atoms with Crippen LogP contribution in [0.2, 0.25) is 0 Å². The summed E-state index contributed by atoms with van der Waals surface area (Å²) in [6.07, 6.45) is 5.30. The summed E-state index contributed by atoms with van der Waals surface area (Å²) in [5.74, 6) is 2.43.